The van der Waals surface area contributed by atoms with E-state index >= 15 is 0 Å². The molecule has 156 valence electrons. The van der Waals surface area contributed by atoms with E-state index in [0.29, 0.717) is 12.5 Å². The first-order valence-corrected chi connectivity index (χ1v) is 10.5. The summed E-state index contributed by atoms with van der Waals surface area (Å²) in [5.74, 6) is 2.58. The van der Waals surface area contributed by atoms with Gasteiger partial charge >= 0.3 is 0 Å². The molecule has 0 amide bonds. The highest BCUT2D eigenvalue weighted by molar-refractivity contribution is 5.41. The summed E-state index contributed by atoms with van der Waals surface area (Å²) >= 11 is 0. The van der Waals surface area contributed by atoms with Gasteiger partial charge in [-0.15, -0.1) is 0 Å². The summed E-state index contributed by atoms with van der Waals surface area (Å²) in [6, 6.07) is 19.9. The molecule has 3 aromatic rings. The molecular formula is C24H28N4O2. The first-order chi connectivity index (χ1) is 14.9. The topological polar surface area (TPSA) is 50.7 Å². The molecule has 0 spiro atoms. The second-order valence-corrected chi connectivity index (χ2v) is 7.32. The maximum absolute atomic E-state index is 5.86. The monoisotopic (exact) mass is 404 g/mol. The van der Waals surface area contributed by atoms with Crippen molar-refractivity contribution in [2.75, 3.05) is 44.2 Å². The lowest BCUT2D eigenvalue weighted by atomic mass is 10.3. The van der Waals surface area contributed by atoms with Crippen LogP contribution in [0.15, 0.2) is 73.1 Å². The van der Waals surface area contributed by atoms with Crippen molar-refractivity contribution < 1.29 is 9.47 Å². The molecule has 6 heteroatoms. The quantitative estimate of drug-likeness (QED) is 0.508. The fourth-order valence-corrected chi connectivity index (χ4v) is 3.49. The number of benzene rings is 1. The van der Waals surface area contributed by atoms with Gasteiger partial charge in [0.05, 0.1) is 6.61 Å². The van der Waals surface area contributed by atoms with Crippen LogP contribution in [0.25, 0.3) is 0 Å². The highest BCUT2D eigenvalue weighted by Crippen LogP contribution is 2.18. The fraction of sp³-hybridized carbons (Fsp3) is 0.333. The van der Waals surface area contributed by atoms with E-state index in [1.807, 2.05) is 54.6 Å². The number of nitrogens with zero attached hydrogens (tertiary/aromatic N) is 4. The average Bonchev–Trinajstić information content (AvgIpc) is 2.82. The minimum absolute atomic E-state index is 0.498. The Labute approximate surface area is 178 Å². The Morgan fingerprint density at radius 1 is 0.800 bits per heavy atom. The number of hydrogen-bond acceptors (Lipinski definition) is 6. The summed E-state index contributed by atoms with van der Waals surface area (Å²) < 4.78 is 11.6. The predicted molar refractivity (Wildman–Crippen MR) is 118 cm³/mol. The molecule has 3 heterocycles. The molecule has 1 aliphatic heterocycles. The molecule has 4 rings (SSSR count). The number of hydrogen-bond donors (Lipinski definition) is 0. The first-order valence-electron chi connectivity index (χ1n) is 10.5. The van der Waals surface area contributed by atoms with Crippen LogP contribution in [-0.4, -0.2) is 54.2 Å². The third kappa shape index (κ3) is 5.94. The third-order valence-corrected chi connectivity index (χ3v) is 5.17. The Bertz CT molecular complexity index is 884. The van der Waals surface area contributed by atoms with Gasteiger partial charge < -0.3 is 14.4 Å². The highest BCUT2D eigenvalue weighted by Gasteiger charge is 2.18. The second-order valence-electron chi connectivity index (χ2n) is 7.32. The van der Waals surface area contributed by atoms with Crippen molar-refractivity contribution in [3.05, 3.63) is 78.6 Å². The van der Waals surface area contributed by atoms with E-state index in [1.54, 1.807) is 12.4 Å². The van der Waals surface area contributed by atoms with E-state index in [-0.39, 0.29) is 0 Å². The Morgan fingerprint density at radius 2 is 1.60 bits per heavy atom. The number of ether oxygens (including phenoxy) is 2. The molecule has 0 saturated carbocycles. The van der Waals surface area contributed by atoms with Gasteiger partial charge in [-0.25, -0.2) is 0 Å². The van der Waals surface area contributed by atoms with Gasteiger partial charge in [0.2, 0.25) is 5.88 Å². The molecular weight excluding hydrogens is 376 g/mol. The number of rotatable bonds is 9. The van der Waals surface area contributed by atoms with Gasteiger partial charge in [-0.05, 0) is 42.3 Å². The highest BCUT2D eigenvalue weighted by atomic mass is 16.5. The van der Waals surface area contributed by atoms with Crippen LogP contribution >= 0.6 is 0 Å². The summed E-state index contributed by atoms with van der Waals surface area (Å²) in [5, 5.41) is 0. The van der Waals surface area contributed by atoms with Crippen molar-refractivity contribution in [2.24, 2.45) is 0 Å². The predicted octanol–water partition coefficient (Wildman–Crippen LogP) is 3.65. The molecule has 2 aromatic heterocycles. The van der Waals surface area contributed by atoms with Gasteiger partial charge in [-0.3, -0.25) is 9.88 Å². The van der Waals surface area contributed by atoms with E-state index in [1.165, 1.54) is 0 Å². The van der Waals surface area contributed by atoms with E-state index in [0.717, 1.165) is 62.9 Å². The van der Waals surface area contributed by atoms with Gasteiger partial charge in [0.15, 0.2) is 0 Å². The van der Waals surface area contributed by atoms with Crippen LogP contribution in [0.5, 0.6) is 11.6 Å². The van der Waals surface area contributed by atoms with Crippen molar-refractivity contribution in [2.45, 2.75) is 13.0 Å². The number of para-hydroxylation sites is 1. The summed E-state index contributed by atoms with van der Waals surface area (Å²) in [7, 11) is 0. The molecule has 0 N–H and O–H groups in total. The largest absolute Gasteiger partial charge is 0.494 e. The van der Waals surface area contributed by atoms with Gasteiger partial charge in [-0.2, -0.15) is 4.98 Å². The second kappa shape index (κ2) is 10.6. The molecule has 1 aromatic carbocycles. The first kappa shape index (κ1) is 20.2. The van der Waals surface area contributed by atoms with Crippen LogP contribution in [0.4, 0.5) is 5.82 Å². The molecule has 0 atom stereocenters. The third-order valence-electron chi connectivity index (χ3n) is 5.17. The van der Waals surface area contributed by atoms with Crippen molar-refractivity contribution >= 4 is 5.82 Å². The Hall–Kier alpha value is -3.12. The van der Waals surface area contributed by atoms with Gasteiger partial charge in [0, 0.05) is 51.2 Å². The number of piperazine rings is 1. The maximum Gasteiger partial charge on any atom is 0.215 e. The van der Waals surface area contributed by atoms with E-state index in [4.69, 9.17) is 14.5 Å². The number of aromatic nitrogens is 2. The van der Waals surface area contributed by atoms with Crippen LogP contribution < -0.4 is 14.4 Å². The molecule has 0 radical (unpaired) electrons. The molecule has 6 nitrogen and oxygen atoms in total. The number of anilines is 1. The molecule has 1 fully saturated rings. The van der Waals surface area contributed by atoms with Crippen molar-refractivity contribution in [3.63, 3.8) is 0 Å². The zero-order valence-electron chi connectivity index (χ0n) is 17.2. The van der Waals surface area contributed by atoms with Gasteiger partial charge in [-0.1, -0.05) is 24.3 Å². The Balaban J connectivity index is 1.19. The summed E-state index contributed by atoms with van der Waals surface area (Å²) in [4.78, 5) is 13.5. The molecule has 0 aliphatic carbocycles. The molecule has 1 aliphatic rings. The van der Waals surface area contributed by atoms with Crippen LogP contribution in [0.1, 0.15) is 12.0 Å². The molecule has 0 bridgehead atoms. The van der Waals surface area contributed by atoms with E-state index < -0.39 is 0 Å². The Morgan fingerprint density at radius 3 is 2.40 bits per heavy atom. The Kier molecular flexibility index (Phi) is 7.12. The maximum atomic E-state index is 5.86. The molecule has 30 heavy (non-hydrogen) atoms. The van der Waals surface area contributed by atoms with Crippen molar-refractivity contribution in [3.8, 4) is 11.6 Å². The van der Waals surface area contributed by atoms with Crippen LogP contribution in [0.3, 0.4) is 0 Å². The minimum atomic E-state index is 0.498. The minimum Gasteiger partial charge on any atom is -0.494 e. The number of pyridine rings is 2. The normalized spacial score (nSPS) is 14.5. The van der Waals surface area contributed by atoms with Crippen LogP contribution in [-0.2, 0) is 6.61 Å². The lowest BCUT2D eigenvalue weighted by molar-refractivity contribution is 0.224. The van der Waals surface area contributed by atoms with Crippen LogP contribution in [0.2, 0.25) is 0 Å². The van der Waals surface area contributed by atoms with Gasteiger partial charge in [0.25, 0.3) is 0 Å². The van der Waals surface area contributed by atoms with Crippen molar-refractivity contribution in [1.82, 2.24) is 14.9 Å². The van der Waals surface area contributed by atoms with E-state index in [2.05, 4.69) is 20.9 Å². The fourth-order valence-electron chi connectivity index (χ4n) is 3.49. The molecule has 1 saturated heterocycles. The zero-order valence-corrected chi connectivity index (χ0v) is 17.2. The SMILES string of the molecule is c1ccc(OCCCN2CCN(c3cccc(OCc4ccncc4)n3)CC2)cc1. The summed E-state index contributed by atoms with van der Waals surface area (Å²) in [6.07, 6.45) is 4.58. The van der Waals surface area contributed by atoms with Gasteiger partial charge in [0.1, 0.15) is 18.2 Å². The lowest BCUT2D eigenvalue weighted by Crippen LogP contribution is -2.47. The van der Waals surface area contributed by atoms with Crippen molar-refractivity contribution in [1.29, 1.82) is 0 Å². The zero-order chi connectivity index (χ0) is 20.4. The smallest absolute Gasteiger partial charge is 0.215 e. The molecule has 0 unspecified atom stereocenters. The van der Waals surface area contributed by atoms with E-state index in [9.17, 15) is 0 Å². The lowest BCUT2D eigenvalue weighted by Gasteiger charge is -2.35. The summed E-state index contributed by atoms with van der Waals surface area (Å²) in [6.45, 7) is 6.33. The van der Waals surface area contributed by atoms with Crippen LogP contribution in [0, 0.1) is 0 Å². The standard InChI is InChI=1S/C24H28N4O2/c1-2-6-22(7-3-1)29-19-5-14-27-15-17-28(18-16-27)23-8-4-9-24(26-23)30-20-21-10-12-25-13-11-21/h1-4,6-13H,5,14-20H2. The average molecular weight is 405 g/mol. The summed E-state index contributed by atoms with van der Waals surface area (Å²) in [5.41, 5.74) is 1.09.